The van der Waals surface area contributed by atoms with Gasteiger partial charge in [0.1, 0.15) is 6.04 Å². The second kappa shape index (κ2) is 8.54. The van der Waals surface area contributed by atoms with Crippen molar-refractivity contribution in [1.29, 1.82) is 0 Å². The zero-order chi connectivity index (χ0) is 16.7. The fourth-order valence-electron chi connectivity index (χ4n) is 2.45. The Kier molecular flexibility index (Phi) is 7.05. The van der Waals surface area contributed by atoms with Crippen LogP contribution in [0.3, 0.4) is 0 Å². The second-order valence-corrected chi connectivity index (χ2v) is 5.72. The van der Waals surface area contributed by atoms with Crippen molar-refractivity contribution in [3.05, 3.63) is 28.8 Å². The molecule has 0 saturated heterocycles. The number of hydrogen-bond donors (Lipinski definition) is 3. The van der Waals surface area contributed by atoms with Crippen molar-refractivity contribution in [2.45, 2.75) is 53.0 Å². The molecule has 1 aromatic rings. The molecule has 1 aromatic carbocycles. The topological polar surface area (TPSA) is 78.4 Å². The normalized spacial score (nSPS) is 12.0. The average molecular weight is 306 g/mol. The van der Waals surface area contributed by atoms with Crippen molar-refractivity contribution in [1.82, 2.24) is 5.32 Å². The Balaban J connectivity index is 2.70. The maximum Gasteiger partial charge on any atom is 0.321 e. The SMILES string of the molecule is CCCCNC(CC(=O)Nc1c(C)cc(C)cc1C)C(=O)O. The van der Waals surface area contributed by atoms with Gasteiger partial charge in [-0.2, -0.15) is 0 Å². The Morgan fingerprint density at radius 3 is 2.27 bits per heavy atom. The van der Waals surface area contributed by atoms with Crippen LogP contribution in [0.4, 0.5) is 5.69 Å². The van der Waals surface area contributed by atoms with Crippen molar-refractivity contribution in [3.8, 4) is 0 Å². The number of aryl methyl sites for hydroxylation is 3. The molecule has 5 heteroatoms. The number of carbonyl (C=O) groups excluding carboxylic acids is 1. The van der Waals surface area contributed by atoms with Crippen LogP contribution in [0.5, 0.6) is 0 Å². The van der Waals surface area contributed by atoms with E-state index in [0.717, 1.165) is 35.2 Å². The summed E-state index contributed by atoms with van der Waals surface area (Å²) in [6.45, 7) is 8.51. The zero-order valence-electron chi connectivity index (χ0n) is 13.8. The van der Waals surface area contributed by atoms with Crippen molar-refractivity contribution in [2.75, 3.05) is 11.9 Å². The minimum absolute atomic E-state index is 0.0776. The molecular weight excluding hydrogens is 280 g/mol. The van der Waals surface area contributed by atoms with E-state index in [-0.39, 0.29) is 12.3 Å². The summed E-state index contributed by atoms with van der Waals surface area (Å²) in [5, 5.41) is 14.9. The molecule has 0 aliphatic heterocycles. The molecule has 0 aromatic heterocycles. The summed E-state index contributed by atoms with van der Waals surface area (Å²) in [7, 11) is 0. The summed E-state index contributed by atoms with van der Waals surface area (Å²) in [6.07, 6.45) is 1.79. The highest BCUT2D eigenvalue weighted by Crippen LogP contribution is 2.22. The molecule has 0 radical (unpaired) electrons. The molecule has 1 rings (SSSR count). The van der Waals surface area contributed by atoms with E-state index >= 15 is 0 Å². The average Bonchev–Trinajstić information content (AvgIpc) is 2.41. The lowest BCUT2D eigenvalue weighted by Crippen LogP contribution is -2.40. The lowest BCUT2D eigenvalue weighted by atomic mass is 10.0. The highest BCUT2D eigenvalue weighted by molar-refractivity contribution is 5.95. The van der Waals surface area contributed by atoms with Gasteiger partial charge in [-0.15, -0.1) is 0 Å². The molecule has 1 amide bonds. The van der Waals surface area contributed by atoms with Crippen molar-refractivity contribution >= 4 is 17.6 Å². The molecule has 0 fully saturated rings. The van der Waals surface area contributed by atoms with E-state index < -0.39 is 12.0 Å². The Morgan fingerprint density at radius 2 is 1.77 bits per heavy atom. The molecular formula is C17H26N2O3. The van der Waals surface area contributed by atoms with Gasteiger partial charge in [0.2, 0.25) is 5.91 Å². The molecule has 0 heterocycles. The third-order valence-corrected chi connectivity index (χ3v) is 3.55. The summed E-state index contributed by atoms with van der Waals surface area (Å²) in [5.41, 5.74) is 3.87. The number of rotatable bonds is 8. The van der Waals surface area contributed by atoms with Gasteiger partial charge >= 0.3 is 5.97 Å². The van der Waals surface area contributed by atoms with Gasteiger partial charge in [-0.1, -0.05) is 31.0 Å². The fraction of sp³-hybridized carbons (Fsp3) is 0.529. The van der Waals surface area contributed by atoms with Crippen LogP contribution in [0.1, 0.15) is 42.9 Å². The number of benzene rings is 1. The molecule has 1 unspecified atom stereocenters. The van der Waals surface area contributed by atoms with Gasteiger partial charge in [0.25, 0.3) is 0 Å². The van der Waals surface area contributed by atoms with Crippen molar-refractivity contribution in [2.24, 2.45) is 0 Å². The van der Waals surface area contributed by atoms with E-state index in [1.54, 1.807) is 0 Å². The van der Waals surface area contributed by atoms with E-state index in [0.29, 0.717) is 6.54 Å². The van der Waals surface area contributed by atoms with Gasteiger partial charge in [-0.25, -0.2) is 0 Å². The number of unbranched alkanes of at least 4 members (excludes halogenated alkanes) is 1. The molecule has 5 nitrogen and oxygen atoms in total. The van der Waals surface area contributed by atoms with Gasteiger partial charge in [0.05, 0.1) is 6.42 Å². The third kappa shape index (κ3) is 5.48. The van der Waals surface area contributed by atoms with E-state index in [1.165, 1.54) is 0 Å². The van der Waals surface area contributed by atoms with Gasteiger partial charge in [-0.05, 0) is 44.9 Å². The highest BCUT2D eigenvalue weighted by Gasteiger charge is 2.21. The molecule has 1 atom stereocenters. The maximum absolute atomic E-state index is 12.1. The number of carbonyl (C=O) groups is 2. The van der Waals surface area contributed by atoms with E-state index in [4.69, 9.17) is 0 Å². The van der Waals surface area contributed by atoms with E-state index in [2.05, 4.69) is 10.6 Å². The summed E-state index contributed by atoms with van der Waals surface area (Å²) < 4.78 is 0. The number of amides is 1. The number of nitrogens with one attached hydrogen (secondary N) is 2. The molecule has 0 aliphatic rings. The van der Waals surface area contributed by atoms with Gasteiger partial charge in [0, 0.05) is 5.69 Å². The molecule has 0 saturated carbocycles. The standard InChI is InChI=1S/C17H26N2O3/c1-5-6-7-18-14(17(21)22)10-15(20)19-16-12(3)8-11(2)9-13(16)4/h8-9,14,18H,5-7,10H2,1-4H3,(H,19,20)(H,21,22). The Morgan fingerprint density at radius 1 is 1.18 bits per heavy atom. The first-order valence-corrected chi connectivity index (χ1v) is 7.69. The number of aliphatic carboxylic acids is 1. The molecule has 122 valence electrons. The first-order chi connectivity index (χ1) is 10.3. The summed E-state index contributed by atoms with van der Waals surface area (Å²) in [5.74, 6) is -1.28. The molecule has 0 bridgehead atoms. The lowest BCUT2D eigenvalue weighted by molar-refractivity contribution is -0.141. The van der Waals surface area contributed by atoms with E-state index in [9.17, 15) is 14.7 Å². The summed E-state index contributed by atoms with van der Waals surface area (Å²) in [4.78, 5) is 23.4. The van der Waals surface area contributed by atoms with Gasteiger partial charge < -0.3 is 15.7 Å². The molecule has 0 aliphatic carbocycles. The van der Waals surface area contributed by atoms with Crippen molar-refractivity contribution in [3.63, 3.8) is 0 Å². The number of hydrogen-bond acceptors (Lipinski definition) is 3. The summed E-state index contributed by atoms with van der Waals surface area (Å²) in [6, 6.07) is 3.14. The number of anilines is 1. The third-order valence-electron chi connectivity index (χ3n) is 3.55. The van der Waals surface area contributed by atoms with Crippen LogP contribution in [0, 0.1) is 20.8 Å². The second-order valence-electron chi connectivity index (χ2n) is 5.72. The zero-order valence-corrected chi connectivity index (χ0v) is 13.8. The summed E-state index contributed by atoms with van der Waals surface area (Å²) >= 11 is 0. The van der Waals surface area contributed by atoms with Crippen LogP contribution >= 0.6 is 0 Å². The fourth-order valence-corrected chi connectivity index (χ4v) is 2.45. The van der Waals surface area contributed by atoms with Crippen LogP contribution in [-0.4, -0.2) is 29.6 Å². The number of carboxylic acids is 1. The molecule has 0 spiro atoms. The lowest BCUT2D eigenvalue weighted by Gasteiger charge is -2.16. The quantitative estimate of drug-likeness (QED) is 0.645. The number of carboxylic acid groups (broad SMARTS) is 1. The monoisotopic (exact) mass is 306 g/mol. The Hall–Kier alpha value is -1.88. The van der Waals surface area contributed by atoms with Crippen LogP contribution in [-0.2, 0) is 9.59 Å². The molecule has 22 heavy (non-hydrogen) atoms. The van der Waals surface area contributed by atoms with Crippen LogP contribution in [0.25, 0.3) is 0 Å². The highest BCUT2D eigenvalue weighted by atomic mass is 16.4. The minimum atomic E-state index is -0.997. The van der Waals surface area contributed by atoms with Crippen LogP contribution in [0.2, 0.25) is 0 Å². The van der Waals surface area contributed by atoms with Crippen molar-refractivity contribution < 1.29 is 14.7 Å². The predicted octanol–water partition coefficient (Wildman–Crippen LogP) is 2.78. The minimum Gasteiger partial charge on any atom is -0.480 e. The van der Waals surface area contributed by atoms with Gasteiger partial charge in [0.15, 0.2) is 0 Å². The first kappa shape index (κ1) is 18.2. The molecule has 3 N–H and O–H groups in total. The Bertz CT molecular complexity index is 518. The Labute approximate surface area is 132 Å². The first-order valence-electron chi connectivity index (χ1n) is 7.69. The smallest absolute Gasteiger partial charge is 0.321 e. The van der Waals surface area contributed by atoms with Gasteiger partial charge in [-0.3, -0.25) is 9.59 Å². The van der Waals surface area contributed by atoms with E-state index in [1.807, 2.05) is 39.8 Å². The largest absolute Gasteiger partial charge is 0.480 e. The van der Waals surface area contributed by atoms with Crippen LogP contribution < -0.4 is 10.6 Å². The predicted molar refractivity (Wildman–Crippen MR) is 88.2 cm³/mol. The maximum atomic E-state index is 12.1. The van der Waals surface area contributed by atoms with Crippen LogP contribution in [0.15, 0.2) is 12.1 Å².